The maximum Gasteiger partial charge on any atom is 0.472 e. The van der Waals surface area contributed by atoms with E-state index in [1.165, 1.54) is 96.3 Å². The summed E-state index contributed by atoms with van der Waals surface area (Å²) in [5.74, 6) is -0.834. The van der Waals surface area contributed by atoms with Crippen molar-refractivity contribution in [2.24, 2.45) is 5.73 Å². The molecule has 0 aromatic rings. The number of esters is 2. The highest BCUT2D eigenvalue weighted by molar-refractivity contribution is 7.47. The molecule has 2 unspecified atom stereocenters. The molecule has 3 N–H and O–H groups in total. The van der Waals surface area contributed by atoms with Gasteiger partial charge in [-0.1, -0.05) is 178 Å². The van der Waals surface area contributed by atoms with E-state index in [4.69, 9.17) is 24.3 Å². The summed E-state index contributed by atoms with van der Waals surface area (Å²) < 4.78 is 32.6. The number of hydrogen-bond acceptors (Lipinski definition) is 8. The van der Waals surface area contributed by atoms with E-state index >= 15 is 0 Å². The Labute approximate surface area is 336 Å². The van der Waals surface area contributed by atoms with Gasteiger partial charge in [-0.25, -0.2) is 4.57 Å². The van der Waals surface area contributed by atoms with Gasteiger partial charge in [-0.2, -0.15) is 0 Å². The van der Waals surface area contributed by atoms with Crippen LogP contribution in [-0.4, -0.2) is 49.3 Å². The summed E-state index contributed by atoms with van der Waals surface area (Å²) in [5.41, 5.74) is 5.33. The van der Waals surface area contributed by atoms with Gasteiger partial charge in [0.15, 0.2) is 6.10 Å². The Kier molecular flexibility index (Phi) is 40.1. The van der Waals surface area contributed by atoms with Crippen molar-refractivity contribution in [3.63, 3.8) is 0 Å². The van der Waals surface area contributed by atoms with Crippen LogP contribution in [0.25, 0.3) is 0 Å². The third-order valence-electron chi connectivity index (χ3n) is 9.23. The normalized spacial score (nSPS) is 13.7. The van der Waals surface area contributed by atoms with Crippen molar-refractivity contribution in [3.05, 3.63) is 48.6 Å². The van der Waals surface area contributed by atoms with Gasteiger partial charge < -0.3 is 20.1 Å². The van der Waals surface area contributed by atoms with Crippen LogP contribution in [0, 0.1) is 0 Å². The minimum Gasteiger partial charge on any atom is -0.462 e. The molecule has 0 radical (unpaired) electrons. The molecular weight excluding hydrogens is 713 g/mol. The van der Waals surface area contributed by atoms with Crippen molar-refractivity contribution in [3.8, 4) is 0 Å². The van der Waals surface area contributed by atoms with Crippen molar-refractivity contribution < 1.29 is 37.6 Å². The quantitative estimate of drug-likeness (QED) is 0.0268. The molecule has 0 saturated carbocycles. The highest BCUT2D eigenvalue weighted by atomic mass is 31.2. The number of ether oxygens (including phenoxy) is 2. The van der Waals surface area contributed by atoms with E-state index in [1.807, 2.05) is 0 Å². The molecule has 0 aliphatic carbocycles. The molecule has 0 heterocycles. The Morgan fingerprint density at radius 1 is 0.564 bits per heavy atom. The van der Waals surface area contributed by atoms with Gasteiger partial charge in [-0.15, -0.1) is 0 Å². The first-order valence-corrected chi connectivity index (χ1v) is 23.6. The summed E-state index contributed by atoms with van der Waals surface area (Å²) in [6.07, 6.45) is 47.5. The van der Waals surface area contributed by atoms with Crippen LogP contribution < -0.4 is 5.73 Å². The fourth-order valence-corrected chi connectivity index (χ4v) is 6.74. The van der Waals surface area contributed by atoms with E-state index in [9.17, 15) is 19.0 Å². The number of phosphoric ester groups is 1. The molecule has 0 spiro atoms. The fourth-order valence-electron chi connectivity index (χ4n) is 5.98. The van der Waals surface area contributed by atoms with Crippen molar-refractivity contribution in [1.82, 2.24) is 0 Å². The molecule has 0 aliphatic rings. The fraction of sp³-hybridized carbons (Fsp3) is 0.778. The van der Waals surface area contributed by atoms with Crippen LogP contribution in [0.3, 0.4) is 0 Å². The van der Waals surface area contributed by atoms with Crippen LogP contribution in [0.2, 0.25) is 0 Å². The molecule has 0 amide bonds. The molecule has 0 aliphatic heterocycles. The molecule has 0 rings (SSSR count). The lowest BCUT2D eigenvalue weighted by Crippen LogP contribution is -2.29. The molecule has 320 valence electrons. The third-order valence-corrected chi connectivity index (χ3v) is 10.2. The molecule has 2 atom stereocenters. The van der Waals surface area contributed by atoms with E-state index in [0.717, 1.165) is 64.2 Å². The molecule has 10 heteroatoms. The van der Waals surface area contributed by atoms with Crippen LogP contribution in [-0.2, 0) is 32.7 Å². The Bertz CT molecular complexity index is 1040. The van der Waals surface area contributed by atoms with Gasteiger partial charge in [0.1, 0.15) is 6.61 Å². The summed E-state index contributed by atoms with van der Waals surface area (Å²) in [7, 11) is -4.37. The van der Waals surface area contributed by atoms with Crippen molar-refractivity contribution >= 4 is 19.8 Å². The second kappa shape index (κ2) is 41.6. The lowest BCUT2D eigenvalue weighted by Gasteiger charge is -2.19. The first kappa shape index (κ1) is 53.0. The summed E-state index contributed by atoms with van der Waals surface area (Å²) in [6.45, 7) is 3.57. The highest BCUT2D eigenvalue weighted by Gasteiger charge is 2.26. The molecule has 0 aromatic heterocycles. The topological polar surface area (TPSA) is 134 Å². The minimum absolute atomic E-state index is 0.0534. The minimum atomic E-state index is -4.37. The van der Waals surface area contributed by atoms with Crippen LogP contribution in [0.15, 0.2) is 48.6 Å². The largest absolute Gasteiger partial charge is 0.472 e. The second-order valence-corrected chi connectivity index (χ2v) is 16.0. The van der Waals surface area contributed by atoms with E-state index in [1.54, 1.807) is 0 Å². The molecule has 0 bridgehead atoms. The SMILES string of the molecule is CC/C=C\C/C=C\C/C=C\C/C=C\CCCCCCCCCCCCCCCCC(=O)OC(COC(=O)CCCCCCCCC)COP(=O)(O)OCCN. The average Bonchev–Trinajstić information content (AvgIpc) is 3.17. The smallest absolute Gasteiger partial charge is 0.462 e. The van der Waals surface area contributed by atoms with Crippen LogP contribution in [0.5, 0.6) is 0 Å². The Balaban J connectivity index is 3.92. The number of carbonyl (C=O) groups excluding carboxylic acids is 2. The van der Waals surface area contributed by atoms with Gasteiger partial charge in [-0.05, 0) is 51.4 Å². The highest BCUT2D eigenvalue weighted by Crippen LogP contribution is 2.43. The summed E-state index contributed by atoms with van der Waals surface area (Å²) in [4.78, 5) is 34.7. The van der Waals surface area contributed by atoms with Crippen molar-refractivity contribution in [2.75, 3.05) is 26.4 Å². The Morgan fingerprint density at radius 2 is 1.00 bits per heavy atom. The van der Waals surface area contributed by atoms with Gasteiger partial charge in [0.05, 0.1) is 13.2 Å². The van der Waals surface area contributed by atoms with E-state index in [2.05, 4.69) is 62.5 Å². The van der Waals surface area contributed by atoms with Crippen molar-refractivity contribution in [1.29, 1.82) is 0 Å². The third kappa shape index (κ3) is 41.4. The molecule has 0 aromatic carbocycles. The summed E-state index contributed by atoms with van der Waals surface area (Å²) in [6, 6.07) is 0. The van der Waals surface area contributed by atoms with E-state index in [-0.39, 0.29) is 38.6 Å². The van der Waals surface area contributed by atoms with Gasteiger partial charge >= 0.3 is 19.8 Å². The zero-order valence-electron chi connectivity index (χ0n) is 35.2. The standard InChI is InChI=1S/C45H82NO8P/c1-3-5-7-9-11-12-13-14-15-16-17-18-19-20-21-22-23-24-25-26-27-28-29-30-32-34-36-38-45(48)54-43(42-53-55(49,50)52-40-39-46)41-51-44(47)37-35-33-31-10-8-6-4-2/h5,7,11-12,14-15,17-18,43H,3-4,6,8-10,13,16,19-42,46H2,1-2H3,(H,49,50)/b7-5-,12-11-,15-14-,18-17-. The lowest BCUT2D eigenvalue weighted by atomic mass is 10.0. The average molecular weight is 796 g/mol. The van der Waals surface area contributed by atoms with Gasteiger partial charge in [0, 0.05) is 19.4 Å². The number of hydrogen-bond donors (Lipinski definition) is 2. The molecule has 0 fully saturated rings. The number of allylic oxidation sites excluding steroid dienone is 8. The number of phosphoric acid groups is 1. The first-order valence-electron chi connectivity index (χ1n) is 22.1. The van der Waals surface area contributed by atoms with E-state index < -0.39 is 26.5 Å². The van der Waals surface area contributed by atoms with Gasteiger partial charge in [-0.3, -0.25) is 18.6 Å². The zero-order valence-corrected chi connectivity index (χ0v) is 36.0. The molecule has 0 saturated heterocycles. The monoisotopic (exact) mass is 796 g/mol. The number of nitrogens with two attached hydrogens (primary N) is 1. The molecule has 9 nitrogen and oxygen atoms in total. The number of rotatable bonds is 41. The van der Waals surface area contributed by atoms with Crippen LogP contribution in [0.1, 0.15) is 194 Å². The second-order valence-electron chi connectivity index (χ2n) is 14.5. The Hall–Kier alpha value is -2.03. The van der Waals surface area contributed by atoms with Gasteiger partial charge in [0.2, 0.25) is 0 Å². The maximum atomic E-state index is 12.6. The van der Waals surface area contributed by atoms with Crippen LogP contribution in [0.4, 0.5) is 0 Å². The van der Waals surface area contributed by atoms with Gasteiger partial charge in [0.25, 0.3) is 0 Å². The molecule has 55 heavy (non-hydrogen) atoms. The molecular formula is C45H82NO8P. The maximum absolute atomic E-state index is 12.6. The van der Waals surface area contributed by atoms with Crippen molar-refractivity contribution in [2.45, 2.75) is 200 Å². The summed E-state index contributed by atoms with van der Waals surface area (Å²) in [5, 5.41) is 0. The van der Waals surface area contributed by atoms with E-state index in [0.29, 0.717) is 6.42 Å². The summed E-state index contributed by atoms with van der Waals surface area (Å²) >= 11 is 0. The zero-order chi connectivity index (χ0) is 40.3. The number of carbonyl (C=O) groups is 2. The van der Waals surface area contributed by atoms with Crippen LogP contribution >= 0.6 is 7.82 Å². The lowest BCUT2D eigenvalue weighted by molar-refractivity contribution is -0.161. The predicted octanol–water partition coefficient (Wildman–Crippen LogP) is 12.7. The Morgan fingerprint density at radius 3 is 1.49 bits per heavy atom. The number of unbranched alkanes of at least 4 members (excludes halogenated alkanes) is 20. The first-order chi connectivity index (χ1) is 26.8. The predicted molar refractivity (Wildman–Crippen MR) is 229 cm³/mol.